The number of carboxylic acids is 1. The summed E-state index contributed by atoms with van der Waals surface area (Å²) in [4.78, 5) is 13.5. The van der Waals surface area contributed by atoms with E-state index in [1.165, 1.54) is 68.8 Å². The highest BCUT2D eigenvalue weighted by Crippen LogP contribution is 2.65. The number of rotatable bonds is 10. The third-order valence-corrected chi connectivity index (χ3v) is 11.5. The summed E-state index contributed by atoms with van der Waals surface area (Å²) in [6.45, 7) is 2.48. The zero-order valence-electron chi connectivity index (χ0n) is 22.8. The van der Waals surface area contributed by atoms with Gasteiger partial charge in [0.05, 0.1) is 20.9 Å². The monoisotopic (exact) mass is 615 g/mol. The lowest BCUT2D eigenvalue weighted by molar-refractivity contribution is -0.148. The summed E-state index contributed by atoms with van der Waals surface area (Å²) in [6, 6.07) is 8.09. The van der Waals surface area contributed by atoms with Crippen LogP contribution in [0.25, 0.3) is 0 Å². The van der Waals surface area contributed by atoms with Gasteiger partial charge in [-0.3, -0.25) is 4.79 Å². The predicted molar refractivity (Wildman–Crippen MR) is 148 cm³/mol. The Morgan fingerprint density at radius 2 is 1.85 bits per heavy atom. The molecule has 2 saturated carbocycles. The Labute approximate surface area is 241 Å². The van der Waals surface area contributed by atoms with E-state index in [1.54, 1.807) is 11.0 Å². The molecule has 1 heterocycles. The number of hydrogen-bond acceptors (Lipinski definition) is 6. The highest BCUT2D eigenvalue weighted by molar-refractivity contribution is 8.00. The number of hydrogen-bond donors (Lipinski definition) is 1. The van der Waals surface area contributed by atoms with Gasteiger partial charge in [-0.2, -0.15) is 0 Å². The van der Waals surface area contributed by atoms with Crippen LogP contribution < -0.4 is 9.64 Å². The van der Waals surface area contributed by atoms with E-state index in [0.29, 0.717) is 16.0 Å². The number of benzene rings is 2. The second-order valence-corrected chi connectivity index (χ2v) is 15.4. The molecule has 2 aliphatic carbocycles. The van der Waals surface area contributed by atoms with Crippen molar-refractivity contribution in [3.05, 3.63) is 42.2 Å². The van der Waals surface area contributed by atoms with Gasteiger partial charge in [0.1, 0.15) is 18.2 Å². The zero-order chi connectivity index (χ0) is 29.7. The van der Waals surface area contributed by atoms with Crippen LogP contribution in [0.2, 0.25) is 0 Å². The molecule has 1 N–H and O–H groups in total. The standard InChI is InChI=1S/C29H33F4NO5S2/c1-28(2,27(35)36)16-39-22-12-24-21(11-23(22)40-20-13-29(14-20)9-10-29)34(19-6-4-18(30)5-7-19)15-17(3-8-25(31)32)26(33)41(24,37)38/h4-7,11-12,17,20,25-26H,3,8-10,13-16H2,1-2H3,(H,35,36)/t17-,26+/m1/s1. The van der Waals surface area contributed by atoms with Crippen LogP contribution >= 0.6 is 11.8 Å². The minimum atomic E-state index is -4.67. The molecular formula is C29H33F4NO5S2. The molecule has 0 saturated heterocycles. The van der Waals surface area contributed by atoms with Crippen LogP contribution in [0.1, 0.15) is 52.4 Å². The molecule has 3 aliphatic rings. The smallest absolute Gasteiger partial charge is 0.312 e. The first-order valence-corrected chi connectivity index (χ1v) is 16.0. The molecule has 0 bridgehead atoms. The molecule has 0 radical (unpaired) electrons. The molecule has 6 nitrogen and oxygen atoms in total. The number of anilines is 2. The molecule has 224 valence electrons. The van der Waals surface area contributed by atoms with Crippen LogP contribution in [-0.2, 0) is 14.6 Å². The summed E-state index contributed by atoms with van der Waals surface area (Å²) < 4.78 is 89.1. The molecule has 12 heteroatoms. The summed E-state index contributed by atoms with van der Waals surface area (Å²) in [5.74, 6) is -2.77. The van der Waals surface area contributed by atoms with Crippen molar-refractivity contribution in [2.45, 2.75) is 79.3 Å². The van der Waals surface area contributed by atoms with Gasteiger partial charge in [-0.25, -0.2) is 26.0 Å². The van der Waals surface area contributed by atoms with Crippen molar-refractivity contribution in [1.29, 1.82) is 0 Å². The average molecular weight is 616 g/mol. The average Bonchev–Trinajstić information content (AvgIpc) is 3.69. The number of nitrogens with zero attached hydrogens (tertiary/aromatic N) is 1. The summed E-state index contributed by atoms with van der Waals surface area (Å²) in [5.41, 5.74) is -2.83. The summed E-state index contributed by atoms with van der Waals surface area (Å²) in [5, 5.41) is 9.82. The third kappa shape index (κ3) is 6.18. The largest absolute Gasteiger partial charge is 0.491 e. The number of thioether (sulfide) groups is 1. The summed E-state index contributed by atoms with van der Waals surface area (Å²) >= 11 is 1.51. The molecule has 2 fully saturated rings. The zero-order valence-corrected chi connectivity index (χ0v) is 24.4. The predicted octanol–water partition coefficient (Wildman–Crippen LogP) is 7.23. The normalized spacial score (nSPS) is 23.1. The summed E-state index contributed by atoms with van der Waals surface area (Å²) in [6.07, 6.45) is 0.585. The maximum atomic E-state index is 15.8. The lowest BCUT2D eigenvalue weighted by Crippen LogP contribution is -2.31. The van der Waals surface area contributed by atoms with Crippen LogP contribution in [0.4, 0.5) is 28.9 Å². The molecule has 41 heavy (non-hydrogen) atoms. The maximum Gasteiger partial charge on any atom is 0.312 e. The van der Waals surface area contributed by atoms with Gasteiger partial charge in [0.2, 0.25) is 21.8 Å². The van der Waals surface area contributed by atoms with Gasteiger partial charge in [0.15, 0.2) is 0 Å². The van der Waals surface area contributed by atoms with Crippen molar-refractivity contribution in [3.63, 3.8) is 0 Å². The Balaban J connectivity index is 1.61. The van der Waals surface area contributed by atoms with Gasteiger partial charge >= 0.3 is 5.97 Å². The summed E-state index contributed by atoms with van der Waals surface area (Å²) in [7, 11) is -4.67. The second-order valence-electron chi connectivity index (χ2n) is 12.1. The number of aliphatic carboxylic acids is 1. The van der Waals surface area contributed by atoms with Crippen molar-refractivity contribution in [2.24, 2.45) is 16.7 Å². The van der Waals surface area contributed by atoms with Gasteiger partial charge in [-0.1, -0.05) is 0 Å². The molecular weight excluding hydrogens is 582 g/mol. The van der Waals surface area contributed by atoms with Crippen molar-refractivity contribution in [2.75, 3.05) is 18.1 Å². The van der Waals surface area contributed by atoms with Gasteiger partial charge in [-0.05, 0) is 81.7 Å². The fourth-order valence-corrected chi connectivity index (χ4v) is 8.82. The fraction of sp³-hybridized carbons (Fsp3) is 0.552. The minimum absolute atomic E-state index is 0.126. The molecule has 2 atom stereocenters. The number of alkyl halides is 3. The topological polar surface area (TPSA) is 83.9 Å². The van der Waals surface area contributed by atoms with E-state index in [9.17, 15) is 31.5 Å². The fourth-order valence-electron chi connectivity index (χ4n) is 5.47. The second kappa shape index (κ2) is 11.0. The molecule has 5 rings (SSSR count). The number of carboxylic acid groups (broad SMARTS) is 1. The van der Waals surface area contributed by atoms with Crippen LogP contribution in [0.3, 0.4) is 0 Å². The minimum Gasteiger partial charge on any atom is -0.491 e. The van der Waals surface area contributed by atoms with Crippen LogP contribution in [0, 0.1) is 22.6 Å². The van der Waals surface area contributed by atoms with Gasteiger partial charge < -0.3 is 14.7 Å². The van der Waals surface area contributed by atoms with E-state index in [2.05, 4.69) is 0 Å². The van der Waals surface area contributed by atoms with Crippen molar-refractivity contribution in [1.82, 2.24) is 0 Å². The highest BCUT2D eigenvalue weighted by Gasteiger charge is 2.53. The third-order valence-electron chi connectivity index (χ3n) is 8.34. The molecule has 2 aromatic carbocycles. The Bertz CT molecular complexity index is 1410. The number of halogens is 4. The van der Waals surface area contributed by atoms with Gasteiger partial charge in [-0.15, -0.1) is 11.8 Å². The molecule has 0 unspecified atom stereocenters. The lowest BCUT2D eigenvalue weighted by Gasteiger charge is -2.36. The van der Waals surface area contributed by atoms with Crippen LogP contribution in [-0.4, -0.2) is 49.8 Å². The number of fused-ring (bicyclic) bond motifs is 1. The Morgan fingerprint density at radius 3 is 2.44 bits per heavy atom. The first-order chi connectivity index (χ1) is 19.2. The van der Waals surface area contributed by atoms with Crippen molar-refractivity contribution < 1.29 is 40.6 Å². The molecule has 0 amide bonds. The highest BCUT2D eigenvalue weighted by atomic mass is 32.2. The van der Waals surface area contributed by atoms with E-state index in [4.69, 9.17) is 4.74 Å². The quantitative estimate of drug-likeness (QED) is 0.282. The van der Waals surface area contributed by atoms with E-state index < -0.39 is 51.3 Å². The van der Waals surface area contributed by atoms with Crippen LogP contribution in [0.5, 0.6) is 5.75 Å². The molecule has 1 aliphatic heterocycles. The Morgan fingerprint density at radius 1 is 1.20 bits per heavy atom. The van der Waals surface area contributed by atoms with Crippen molar-refractivity contribution >= 4 is 38.9 Å². The molecule has 1 spiro atoms. The molecule has 2 aromatic rings. The Hall–Kier alpha value is -2.47. The van der Waals surface area contributed by atoms with Gasteiger partial charge in [0.25, 0.3) is 0 Å². The van der Waals surface area contributed by atoms with E-state index in [1.807, 2.05) is 0 Å². The van der Waals surface area contributed by atoms with E-state index in [0.717, 1.165) is 12.8 Å². The van der Waals surface area contributed by atoms with Gasteiger partial charge in [0, 0.05) is 35.9 Å². The van der Waals surface area contributed by atoms with E-state index >= 15 is 4.39 Å². The SMILES string of the molecule is CC(C)(COc1cc2c(cc1SC1CC3(CC3)C1)N(c1ccc(F)cc1)C[C@@H](CCC(F)F)[C@@H](F)S2(=O)=O)C(=O)O. The maximum absolute atomic E-state index is 15.8. The van der Waals surface area contributed by atoms with Crippen molar-refractivity contribution in [3.8, 4) is 5.75 Å². The first-order valence-electron chi connectivity index (χ1n) is 13.6. The number of sulfone groups is 1. The molecule has 0 aromatic heterocycles. The lowest BCUT2D eigenvalue weighted by atomic mass is 9.81. The van der Waals surface area contributed by atoms with Crippen LogP contribution in [0.15, 0.2) is 46.2 Å². The number of ether oxygens (including phenoxy) is 1. The number of carbonyl (C=O) groups is 1. The first kappa shape index (κ1) is 30.0. The van der Waals surface area contributed by atoms with E-state index in [-0.39, 0.29) is 41.2 Å². The Kier molecular flexibility index (Phi) is 8.04.